The number of aliphatic hydroxyl groups is 1. The quantitative estimate of drug-likeness (QED) is 0.480. The zero-order valence-corrected chi connectivity index (χ0v) is 13.6. The van der Waals surface area contributed by atoms with Gasteiger partial charge < -0.3 is 25.6 Å². The molecule has 0 aliphatic carbocycles. The minimum atomic E-state index is -5.08. The summed E-state index contributed by atoms with van der Waals surface area (Å²) in [5.41, 5.74) is 0.765. The first kappa shape index (κ1) is 20.1. The van der Waals surface area contributed by atoms with Gasteiger partial charge in [-0.3, -0.25) is 9.89 Å². The lowest BCUT2D eigenvalue weighted by molar-refractivity contribution is -0.192. The molecule has 1 aromatic heterocycles. The third-order valence-electron chi connectivity index (χ3n) is 4.05. The number of ether oxygens (including phenoxy) is 1. The zero-order valence-electron chi connectivity index (χ0n) is 13.6. The molecule has 1 atom stereocenters. The van der Waals surface area contributed by atoms with Crippen molar-refractivity contribution in [3.63, 3.8) is 0 Å². The van der Waals surface area contributed by atoms with Gasteiger partial charge in [-0.2, -0.15) is 18.3 Å². The van der Waals surface area contributed by atoms with Crippen LogP contribution in [0.1, 0.15) is 28.5 Å². The number of carboxylic acid groups (broad SMARTS) is 1. The number of nitrogens with one attached hydrogen (secondary N) is 3. The molecule has 12 heteroatoms. The molecule has 2 aliphatic rings. The number of amides is 1. The van der Waals surface area contributed by atoms with E-state index in [1.54, 1.807) is 6.07 Å². The number of carbonyl (C=O) groups excluding carboxylic acids is 1. The molecular formula is C14H19F3N4O5. The number of H-pyrrole nitrogens is 1. The Morgan fingerprint density at radius 3 is 2.50 bits per heavy atom. The van der Waals surface area contributed by atoms with Gasteiger partial charge in [-0.25, -0.2) is 4.79 Å². The molecule has 0 bridgehead atoms. The lowest BCUT2D eigenvalue weighted by atomic mass is 9.93. The molecule has 3 rings (SSSR count). The van der Waals surface area contributed by atoms with Gasteiger partial charge in [0.05, 0.1) is 18.8 Å². The number of aromatic nitrogens is 2. The minimum Gasteiger partial charge on any atom is -0.475 e. The number of hydrogen-bond donors (Lipinski definition) is 5. The maximum Gasteiger partial charge on any atom is 0.490 e. The first-order valence-corrected chi connectivity index (χ1v) is 7.74. The Labute approximate surface area is 145 Å². The van der Waals surface area contributed by atoms with Crippen LogP contribution in [0.3, 0.4) is 0 Å². The number of aromatic amines is 1. The molecule has 1 unspecified atom stereocenters. The normalized spacial score (nSPS) is 21.3. The standard InChI is InChI=1S/C12H18N4O3.C2HF3O2/c17-7-12(5-13-6-12)14-11(18)10-3-9(15-16-10)8-1-2-19-4-8;3-2(4,5)1(6)7/h3,8,13,17H,1-2,4-7H2,(H,14,18)(H,15,16);(H,6,7). The Balaban J connectivity index is 0.000000298. The third kappa shape index (κ3) is 4.93. The van der Waals surface area contributed by atoms with E-state index in [0.29, 0.717) is 31.3 Å². The third-order valence-corrected chi connectivity index (χ3v) is 4.05. The van der Waals surface area contributed by atoms with E-state index in [4.69, 9.17) is 14.6 Å². The molecule has 0 saturated carbocycles. The molecule has 0 radical (unpaired) electrons. The Bertz CT molecular complexity index is 633. The fourth-order valence-corrected chi connectivity index (χ4v) is 2.41. The Kier molecular flexibility index (Phi) is 6.21. The number of aliphatic hydroxyl groups excluding tert-OH is 1. The number of carbonyl (C=O) groups is 2. The molecule has 26 heavy (non-hydrogen) atoms. The predicted molar refractivity (Wildman–Crippen MR) is 80.6 cm³/mol. The van der Waals surface area contributed by atoms with Crippen LogP contribution >= 0.6 is 0 Å². The number of rotatable bonds is 4. The molecule has 3 heterocycles. The van der Waals surface area contributed by atoms with Gasteiger partial charge in [0.1, 0.15) is 5.69 Å². The summed E-state index contributed by atoms with van der Waals surface area (Å²) in [5, 5.41) is 29.3. The first-order valence-electron chi connectivity index (χ1n) is 7.74. The molecule has 9 nitrogen and oxygen atoms in total. The highest BCUT2D eigenvalue weighted by atomic mass is 19.4. The highest BCUT2D eigenvalue weighted by Crippen LogP contribution is 2.24. The van der Waals surface area contributed by atoms with Crippen molar-refractivity contribution >= 4 is 11.9 Å². The molecule has 146 valence electrons. The van der Waals surface area contributed by atoms with Crippen LogP contribution in [0, 0.1) is 0 Å². The maximum absolute atomic E-state index is 12.1. The van der Waals surface area contributed by atoms with Crippen molar-refractivity contribution in [3.05, 3.63) is 17.5 Å². The number of carboxylic acids is 1. The van der Waals surface area contributed by atoms with E-state index in [0.717, 1.165) is 18.7 Å². The van der Waals surface area contributed by atoms with Crippen LogP contribution in [-0.4, -0.2) is 76.9 Å². The summed E-state index contributed by atoms with van der Waals surface area (Å²) in [6.07, 6.45) is -4.13. The summed E-state index contributed by atoms with van der Waals surface area (Å²) in [7, 11) is 0. The van der Waals surface area contributed by atoms with Gasteiger partial charge in [0, 0.05) is 31.3 Å². The van der Waals surface area contributed by atoms with Crippen LogP contribution in [0.25, 0.3) is 0 Å². The summed E-state index contributed by atoms with van der Waals surface area (Å²) >= 11 is 0. The lowest BCUT2D eigenvalue weighted by Gasteiger charge is -2.41. The smallest absolute Gasteiger partial charge is 0.475 e. The summed E-state index contributed by atoms with van der Waals surface area (Å²) in [5.74, 6) is -2.71. The van der Waals surface area contributed by atoms with Crippen LogP contribution in [0.4, 0.5) is 13.2 Å². The van der Waals surface area contributed by atoms with Gasteiger partial charge in [-0.15, -0.1) is 0 Å². The monoisotopic (exact) mass is 380 g/mol. The molecule has 0 spiro atoms. The average molecular weight is 380 g/mol. The highest BCUT2D eigenvalue weighted by Gasteiger charge is 2.39. The van der Waals surface area contributed by atoms with Crippen molar-refractivity contribution in [1.29, 1.82) is 0 Å². The van der Waals surface area contributed by atoms with Crippen molar-refractivity contribution in [2.75, 3.05) is 32.9 Å². The molecule has 1 aromatic rings. The Hall–Kier alpha value is -2.18. The van der Waals surface area contributed by atoms with Crippen molar-refractivity contribution < 1.29 is 37.7 Å². The van der Waals surface area contributed by atoms with Crippen molar-refractivity contribution in [2.45, 2.75) is 24.1 Å². The number of aliphatic carboxylic acids is 1. The second-order valence-corrected chi connectivity index (χ2v) is 6.07. The molecular weight excluding hydrogens is 361 g/mol. The van der Waals surface area contributed by atoms with E-state index in [-0.39, 0.29) is 12.5 Å². The number of alkyl halides is 3. The SMILES string of the molecule is O=C(NC1(CO)CNC1)c1cc(C2CCOC2)[nH]n1.O=C(O)C(F)(F)F. The van der Waals surface area contributed by atoms with E-state index in [9.17, 15) is 23.1 Å². The summed E-state index contributed by atoms with van der Waals surface area (Å²) in [4.78, 5) is 21.0. The fourth-order valence-electron chi connectivity index (χ4n) is 2.41. The molecule has 0 aromatic carbocycles. The summed E-state index contributed by atoms with van der Waals surface area (Å²) in [6.45, 7) is 2.53. The fraction of sp³-hybridized carbons (Fsp3) is 0.643. The van der Waals surface area contributed by atoms with Crippen molar-refractivity contribution in [2.24, 2.45) is 0 Å². The molecule has 5 N–H and O–H groups in total. The minimum absolute atomic E-state index is 0.0700. The van der Waals surface area contributed by atoms with Gasteiger partial charge in [0.25, 0.3) is 5.91 Å². The van der Waals surface area contributed by atoms with Crippen LogP contribution in [-0.2, 0) is 9.53 Å². The van der Waals surface area contributed by atoms with E-state index < -0.39 is 17.7 Å². The van der Waals surface area contributed by atoms with Gasteiger partial charge in [0.2, 0.25) is 0 Å². The molecule has 2 saturated heterocycles. The number of hydrogen-bond acceptors (Lipinski definition) is 6. The van der Waals surface area contributed by atoms with Crippen LogP contribution in [0.5, 0.6) is 0 Å². The van der Waals surface area contributed by atoms with E-state index >= 15 is 0 Å². The predicted octanol–water partition coefficient (Wildman–Crippen LogP) is -0.389. The Morgan fingerprint density at radius 1 is 1.42 bits per heavy atom. The molecule has 2 fully saturated rings. The summed E-state index contributed by atoms with van der Waals surface area (Å²) in [6, 6.07) is 1.77. The largest absolute Gasteiger partial charge is 0.490 e. The number of halogens is 3. The second-order valence-electron chi connectivity index (χ2n) is 6.07. The van der Waals surface area contributed by atoms with Crippen LogP contribution < -0.4 is 10.6 Å². The second kappa shape index (κ2) is 8.01. The molecule has 1 amide bonds. The average Bonchev–Trinajstić information content (AvgIpc) is 3.20. The lowest BCUT2D eigenvalue weighted by Crippen LogP contribution is -2.71. The van der Waals surface area contributed by atoms with Crippen molar-refractivity contribution in [3.8, 4) is 0 Å². The summed E-state index contributed by atoms with van der Waals surface area (Å²) < 4.78 is 37.1. The number of nitrogens with zero attached hydrogens (tertiary/aromatic N) is 1. The van der Waals surface area contributed by atoms with Gasteiger partial charge in [-0.05, 0) is 12.5 Å². The van der Waals surface area contributed by atoms with E-state index in [2.05, 4.69) is 20.8 Å². The van der Waals surface area contributed by atoms with Gasteiger partial charge >= 0.3 is 12.1 Å². The van der Waals surface area contributed by atoms with Gasteiger partial charge in [0.15, 0.2) is 0 Å². The van der Waals surface area contributed by atoms with E-state index in [1.807, 2.05) is 0 Å². The molecule has 2 aliphatic heterocycles. The van der Waals surface area contributed by atoms with Crippen LogP contribution in [0.15, 0.2) is 6.07 Å². The zero-order chi connectivity index (χ0) is 19.4. The van der Waals surface area contributed by atoms with E-state index in [1.165, 1.54) is 0 Å². The maximum atomic E-state index is 12.1. The van der Waals surface area contributed by atoms with Gasteiger partial charge in [-0.1, -0.05) is 0 Å². The topological polar surface area (TPSA) is 137 Å². The van der Waals surface area contributed by atoms with Crippen molar-refractivity contribution in [1.82, 2.24) is 20.8 Å². The highest BCUT2D eigenvalue weighted by molar-refractivity contribution is 5.93. The Morgan fingerprint density at radius 2 is 2.08 bits per heavy atom. The van der Waals surface area contributed by atoms with Crippen LogP contribution in [0.2, 0.25) is 0 Å². The first-order chi connectivity index (χ1) is 12.2.